The fourth-order valence-corrected chi connectivity index (χ4v) is 1.91. The summed E-state index contributed by atoms with van der Waals surface area (Å²) in [6.45, 7) is 4.82. The van der Waals surface area contributed by atoms with Crippen molar-refractivity contribution in [3.05, 3.63) is 33.7 Å². The number of hydrogen-bond donors (Lipinski definition) is 0. The zero-order valence-corrected chi connectivity index (χ0v) is 10.7. The van der Waals surface area contributed by atoms with E-state index in [-0.39, 0.29) is 11.1 Å². The summed E-state index contributed by atoms with van der Waals surface area (Å²) >= 11 is 0. The zero-order valence-electron chi connectivity index (χ0n) is 10.7. The second-order valence-electron chi connectivity index (χ2n) is 4.37. The molecule has 0 spiro atoms. The first kappa shape index (κ1) is 13.5. The molecular formula is C14H20N2O. The Morgan fingerprint density at radius 3 is 2.59 bits per heavy atom. The molecule has 3 nitrogen and oxygen atoms in total. The number of pyridine rings is 1. The lowest BCUT2D eigenvalue weighted by atomic mass is 10.1. The monoisotopic (exact) mass is 232 g/mol. The van der Waals surface area contributed by atoms with Gasteiger partial charge in [-0.3, -0.25) is 4.79 Å². The number of unbranched alkanes of at least 4 members (excludes halogenated alkanes) is 4. The van der Waals surface area contributed by atoms with Gasteiger partial charge in [-0.25, -0.2) is 0 Å². The van der Waals surface area contributed by atoms with Crippen molar-refractivity contribution in [2.75, 3.05) is 0 Å². The van der Waals surface area contributed by atoms with Crippen LogP contribution in [-0.4, -0.2) is 4.57 Å². The predicted octanol–water partition coefficient (Wildman–Crippen LogP) is 3.00. The molecule has 0 amide bonds. The van der Waals surface area contributed by atoms with E-state index < -0.39 is 0 Å². The Hall–Kier alpha value is -1.56. The van der Waals surface area contributed by atoms with Crippen LogP contribution in [0.2, 0.25) is 0 Å². The zero-order chi connectivity index (χ0) is 12.7. The summed E-state index contributed by atoms with van der Waals surface area (Å²) in [4.78, 5) is 11.9. The Morgan fingerprint density at radius 1 is 1.24 bits per heavy atom. The van der Waals surface area contributed by atoms with E-state index in [0.29, 0.717) is 0 Å². The van der Waals surface area contributed by atoms with E-state index in [2.05, 4.69) is 6.92 Å². The van der Waals surface area contributed by atoms with Gasteiger partial charge in [-0.15, -0.1) is 0 Å². The molecule has 0 saturated carbocycles. The van der Waals surface area contributed by atoms with Crippen LogP contribution in [0.1, 0.15) is 50.3 Å². The van der Waals surface area contributed by atoms with Gasteiger partial charge < -0.3 is 4.57 Å². The van der Waals surface area contributed by atoms with Crippen molar-refractivity contribution in [3.8, 4) is 6.07 Å². The van der Waals surface area contributed by atoms with Gasteiger partial charge in [-0.2, -0.15) is 5.26 Å². The number of hydrogen-bond acceptors (Lipinski definition) is 2. The molecule has 0 fully saturated rings. The second kappa shape index (κ2) is 6.90. The smallest absolute Gasteiger partial charge is 0.268 e. The van der Waals surface area contributed by atoms with Crippen molar-refractivity contribution < 1.29 is 0 Å². The lowest BCUT2D eigenvalue weighted by molar-refractivity contribution is 0.550. The average molecular weight is 232 g/mol. The summed E-state index contributed by atoms with van der Waals surface area (Å²) < 4.78 is 1.71. The molecular weight excluding hydrogens is 212 g/mol. The molecule has 0 unspecified atom stereocenters. The first-order chi connectivity index (χ1) is 8.20. The lowest BCUT2D eigenvalue weighted by Gasteiger charge is -2.09. The third-order valence-electron chi connectivity index (χ3n) is 3.00. The quantitative estimate of drug-likeness (QED) is 0.708. The van der Waals surface area contributed by atoms with Crippen LogP contribution >= 0.6 is 0 Å². The number of nitriles is 1. The van der Waals surface area contributed by atoms with E-state index in [1.54, 1.807) is 10.6 Å². The van der Waals surface area contributed by atoms with Crippen LogP contribution in [0.15, 0.2) is 16.9 Å². The highest BCUT2D eigenvalue weighted by Gasteiger charge is 2.04. The summed E-state index contributed by atoms with van der Waals surface area (Å²) in [5.74, 6) is 0. The molecule has 17 heavy (non-hydrogen) atoms. The highest BCUT2D eigenvalue weighted by atomic mass is 16.1. The Bertz CT molecular complexity index is 454. The molecule has 1 aromatic rings. The third-order valence-corrected chi connectivity index (χ3v) is 3.00. The van der Waals surface area contributed by atoms with Crippen molar-refractivity contribution in [2.45, 2.75) is 52.5 Å². The molecule has 0 aliphatic carbocycles. The number of aromatic nitrogens is 1. The highest BCUT2D eigenvalue weighted by Crippen LogP contribution is 2.05. The maximum Gasteiger partial charge on any atom is 0.268 e. The van der Waals surface area contributed by atoms with Gasteiger partial charge in [0.05, 0.1) is 0 Å². The van der Waals surface area contributed by atoms with E-state index >= 15 is 0 Å². The largest absolute Gasteiger partial charge is 0.312 e. The molecule has 1 aromatic heterocycles. The van der Waals surface area contributed by atoms with Crippen LogP contribution in [-0.2, 0) is 6.54 Å². The summed E-state index contributed by atoms with van der Waals surface area (Å²) in [5, 5.41) is 8.81. The third kappa shape index (κ3) is 3.74. The van der Waals surface area contributed by atoms with Crippen molar-refractivity contribution in [3.63, 3.8) is 0 Å². The fourth-order valence-electron chi connectivity index (χ4n) is 1.91. The lowest BCUT2D eigenvalue weighted by Crippen LogP contribution is -2.24. The number of aryl methyl sites for hydroxylation is 1. The highest BCUT2D eigenvalue weighted by molar-refractivity contribution is 5.27. The van der Waals surface area contributed by atoms with Gasteiger partial charge in [-0.05, 0) is 25.5 Å². The normalized spacial score (nSPS) is 10.2. The van der Waals surface area contributed by atoms with Crippen LogP contribution in [0.25, 0.3) is 0 Å². The second-order valence-corrected chi connectivity index (χ2v) is 4.37. The fraction of sp³-hybridized carbons (Fsp3) is 0.571. The van der Waals surface area contributed by atoms with Crippen LogP contribution < -0.4 is 5.56 Å². The first-order valence-electron chi connectivity index (χ1n) is 6.31. The summed E-state index contributed by atoms with van der Waals surface area (Å²) in [6, 6.07) is 5.38. The van der Waals surface area contributed by atoms with Gasteiger partial charge in [0.15, 0.2) is 0 Å². The molecule has 0 N–H and O–H groups in total. The molecule has 0 aromatic carbocycles. The maximum atomic E-state index is 11.9. The molecule has 0 saturated heterocycles. The van der Waals surface area contributed by atoms with Gasteiger partial charge >= 0.3 is 0 Å². The summed E-state index contributed by atoms with van der Waals surface area (Å²) in [6.07, 6.45) is 5.86. The van der Waals surface area contributed by atoms with Gasteiger partial charge in [0, 0.05) is 12.2 Å². The molecule has 0 bridgehead atoms. The van der Waals surface area contributed by atoms with Gasteiger partial charge in [-0.1, -0.05) is 32.6 Å². The Balaban J connectivity index is 2.65. The molecule has 1 rings (SSSR count). The van der Waals surface area contributed by atoms with E-state index in [0.717, 1.165) is 25.1 Å². The van der Waals surface area contributed by atoms with Gasteiger partial charge in [0.2, 0.25) is 0 Å². The number of rotatable bonds is 6. The van der Waals surface area contributed by atoms with Gasteiger partial charge in [0.1, 0.15) is 11.6 Å². The summed E-state index contributed by atoms with van der Waals surface area (Å²) in [7, 11) is 0. The Morgan fingerprint density at radius 2 is 1.94 bits per heavy atom. The SMILES string of the molecule is CCCCCCCn1c(C)ccc(C#N)c1=O. The first-order valence-corrected chi connectivity index (χ1v) is 6.31. The summed E-state index contributed by atoms with van der Waals surface area (Å²) in [5.41, 5.74) is 1.02. The number of nitrogens with zero attached hydrogens (tertiary/aromatic N) is 2. The van der Waals surface area contributed by atoms with Crippen LogP contribution in [0.4, 0.5) is 0 Å². The maximum absolute atomic E-state index is 11.9. The van der Waals surface area contributed by atoms with Crippen molar-refractivity contribution in [1.29, 1.82) is 5.26 Å². The predicted molar refractivity (Wildman–Crippen MR) is 68.9 cm³/mol. The van der Waals surface area contributed by atoms with Crippen LogP contribution in [0.5, 0.6) is 0 Å². The molecule has 0 radical (unpaired) electrons. The average Bonchev–Trinajstić information content (AvgIpc) is 2.33. The van der Waals surface area contributed by atoms with E-state index in [1.165, 1.54) is 19.3 Å². The van der Waals surface area contributed by atoms with Crippen molar-refractivity contribution in [2.24, 2.45) is 0 Å². The molecule has 0 atom stereocenters. The van der Waals surface area contributed by atoms with Crippen LogP contribution in [0, 0.1) is 18.3 Å². The van der Waals surface area contributed by atoms with E-state index in [9.17, 15) is 4.79 Å². The van der Waals surface area contributed by atoms with Crippen molar-refractivity contribution in [1.82, 2.24) is 4.57 Å². The minimum absolute atomic E-state index is 0.150. The van der Waals surface area contributed by atoms with Crippen molar-refractivity contribution >= 4 is 0 Å². The molecule has 92 valence electrons. The molecule has 0 aliphatic rings. The topological polar surface area (TPSA) is 45.8 Å². The standard InChI is InChI=1S/C14H20N2O/c1-3-4-5-6-7-10-16-12(2)8-9-13(11-15)14(16)17/h8-9H,3-7,10H2,1-2H3. The molecule has 1 heterocycles. The minimum atomic E-state index is -0.150. The van der Waals surface area contributed by atoms with E-state index in [4.69, 9.17) is 5.26 Å². The minimum Gasteiger partial charge on any atom is -0.312 e. The molecule has 0 aliphatic heterocycles. The molecule has 3 heteroatoms. The van der Waals surface area contributed by atoms with Gasteiger partial charge in [0.25, 0.3) is 5.56 Å². The Labute approximate surface area is 103 Å². The van der Waals surface area contributed by atoms with Crippen LogP contribution in [0.3, 0.4) is 0 Å². The Kier molecular flexibility index (Phi) is 5.48. The van der Waals surface area contributed by atoms with E-state index in [1.807, 2.05) is 19.1 Å².